The number of ether oxygens (including phenoxy) is 7. The zero-order valence-electron chi connectivity index (χ0n) is 25.3. The molecule has 0 amide bonds. The Kier molecular flexibility index (Phi) is 7.08. The van der Waals surface area contributed by atoms with E-state index in [-0.39, 0.29) is 30.1 Å². The molecule has 3 heterocycles. The van der Waals surface area contributed by atoms with Gasteiger partial charge in [-0.1, -0.05) is 51.1 Å². The zero-order chi connectivity index (χ0) is 29.3. The second-order valence-electron chi connectivity index (χ2n) is 13.6. The molecule has 224 valence electrons. The van der Waals surface area contributed by atoms with Crippen molar-refractivity contribution in [1.29, 1.82) is 0 Å². The van der Waals surface area contributed by atoms with Gasteiger partial charge in [0.25, 0.3) is 0 Å². The van der Waals surface area contributed by atoms with E-state index in [1.807, 2.05) is 51.1 Å². The summed E-state index contributed by atoms with van der Waals surface area (Å²) in [7, 11) is 1.70. The van der Waals surface area contributed by atoms with Crippen LogP contribution in [0.3, 0.4) is 0 Å². The highest BCUT2D eigenvalue weighted by atomic mass is 16.7. The number of hydrogen-bond donors (Lipinski definition) is 0. The molecule has 2 aliphatic carbocycles. The van der Waals surface area contributed by atoms with Crippen molar-refractivity contribution in [2.75, 3.05) is 26.9 Å². The van der Waals surface area contributed by atoms with Crippen LogP contribution in [0.25, 0.3) is 0 Å². The smallest absolute Gasteiger partial charge is 0.338 e. The fourth-order valence-electron chi connectivity index (χ4n) is 7.76. The molecule has 5 aliphatic rings. The largest absolute Gasteiger partial charge is 0.455 e. The first-order valence-electron chi connectivity index (χ1n) is 14.8. The highest BCUT2D eigenvalue weighted by Crippen LogP contribution is 2.63. The Morgan fingerprint density at radius 2 is 1.66 bits per heavy atom. The Balaban J connectivity index is 1.52. The van der Waals surface area contributed by atoms with Gasteiger partial charge in [-0.25, -0.2) is 4.79 Å². The van der Waals surface area contributed by atoms with Gasteiger partial charge in [0.2, 0.25) is 0 Å². The van der Waals surface area contributed by atoms with E-state index in [0.29, 0.717) is 31.8 Å². The van der Waals surface area contributed by atoms with E-state index < -0.39 is 40.1 Å². The van der Waals surface area contributed by atoms with E-state index in [4.69, 9.17) is 33.2 Å². The minimum atomic E-state index is -1.06. The molecular weight excluding hydrogens is 524 g/mol. The predicted molar refractivity (Wildman–Crippen MR) is 151 cm³/mol. The summed E-state index contributed by atoms with van der Waals surface area (Å²) in [4.78, 5) is 13.9. The number of epoxide rings is 1. The van der Waals surface area contributed by atoms with Crippen molar-refractivity contribution in [2.45, 2.75) is 89.6 Å². The highest BCUT2D eigenvalue weighted by molar-refractivity contribution is 5.89. The predicted octanol–water partition coefficient (Wildman–Crippen LogP) is 5.07. The van der Waals surface area contributed by atoms with E-state index in [9.17, 15) is 4.79 Å². The number of carbonyl (C=O) groups excluding carboxylic acids is 1. The van der Waals surface area contributed by atoms with Crippen LogP contribution in [-0.4, -0.2) is 74.5 Å². The van der Waals surface area contributed by atoms with Gasteiger partial charge in [0.15, 0.2) is 11.6 Å². The first kappa shape index (κ1) is 29.0. The standard InChI is InChI=1S/C33H44O8/c1-29(2)14-11-15-31(5)23(22-20-38-30(3,4)41-24(22)25-27(31)39-25)26(40-28(34)21-12-9-8-10-13-21)33(29,35-7)17-16-32(6)36-18-19-37-32/h8-13,15-17,22-27H,14,18-20H2,1-7H3/b15-11+,17-16+/t22-,23+,24+,25+,26+,27+,31-,33+/m0/s1. The number of rotatable bonds is 5. The summed E-state index contributed by atoms with van der Waals surface area (Å²) in [6, 6.07) is 9.13. The summed E-state index contributed by atoms with van der Waals surface area (Å²) in [5.74, 6) is -2.40. The van der Waals surface area contributed by atoms with Crippen molar-refractivity contribution >= 4 is 5.97 Å². The molecule has 1 aromatic rings. The lowest BCUT2D eigenvalue weighted by Gasteiger charge is -2.58. The normalized spacial score (nSPS) is 42.7. The molecule has 3 saturated heterocycles. The molecule has 0 bridgehead atoms. The third-order valence-corrected chi connectivity index (χ3v) is 10.1. The summed E-state index contributed by atoms with van der Waals surface area (Å²) in [5.41, 5.74) is -1.54. The van der Waals surface area contributed by atoms with E-state index in [1.54, 1.807) is 19.2 Å². The quantitative estimate of drug-likeness (QED) is 0.277. The monoisotopic (exact) mass is 568 g/mol. The second kappa shape index (κ2) is 10.00. The molecule has 0 radical (unpaired) electrons. The van der Waals surface area contributed by atoms with Crippen molar-refractivity contribution in [2.24, 2.45) is 22.7 Å². The maximum atomic E-state index is 13.9. The zero-order valence-corrected chi connectivity index (χ0v) is 25.3. The second-order valence-corrected chi connectivity index (χ2v) is 13.6. The summed E-state index contributed by atoms with van der Waals surface area (Å²) < 4.78 is 44.4. The molecular formula is C33H44O8. The van der Waals surface area contributed by atoms with Crippen LogP contribution >= 0.6 is 0 Å². The Morgan fingerprint density at radius 1 is 0.951 bits per heavy atom. The number of hydrogen-bond acceptors (Lipinski definition) is 8. The number of esters is 1. The van der Waals surface area contributed by atoms with Crippen molar-refractivity contribution < 1.29 is 38.0 Å². The summed E-state index contributed by atoms with van der Waals surface area (Å²) in [6.07, 6.45) is 8.10. The Bertz CT molecular complexity index is 1200. The summed E-state index contributed by atoms with van der Waals surface area (Å²) in [5, 5.41) is 0. The Morgan fingerprint density at radius 3 is 2.34 bits per heavy atom. The summed E-state index contributed by atoms with van der Waals surface area (Å²) in [6.45, 7) is 13.8. The van der Waals surface area contributed by atoms with E-state index in [2.05, 4.69) is 32.9 Å². The molecule has 8 heteroatoms. The van der Waals surface area contributed by atoms with Gasteiger partial charge >= 0.3 is 5.97 Å². The van der Waals surface area contributed by atoms with Crippen molar-refractivity contribution in [1.82, 2.24) is 0 Å². The molecule has 1 aromatic carbocycles. The van der Waals surface area contributed by atoms with Crippen LogP contribution in [0.4, 0.5) is 0 Å². The Labute approximate surface area is 243 Å². The van der Waals surface area contributed by atoms with Gasteiger partial charge in [-0.05, 0) is 51.5 Å². The molecule has 0 unspecified atom stereocenters. The number of carbonyl (C=O) groups is 1. The molecule has 0 aromatic heterocycles. The van der Waals surface area contributed by atoms with Crippen LogP contribution in [0.5, 0.6) is 0 Å². The average molecular weight is 569 g/mol. The molecule has 0 spiro atoms. The van der Waals surface area contributed by atoms with Gasteiger partial charge in [0, 0.05) is 29.8 Å². The molecule has 4 fully saturated rings. The number of fused-ring (bicyclic) bond motifs is 6. The van der Waals surface area contributed by atoms with Crippen molar-refractivity contribution in [3.05, 3.63) is 60.2 Å². The first-order valence-corrected chi connectivity index (χ1v) is 14.8. The van der Waals surface area contributed by atoms with Crippen LogP contribution in [0.2, 0.25) is 0 Å². The number of benzene rings is 1. The summed E-state index contributed by atoms with van der Waals surface area (Å²) >= 11 is 0. The van der Waals surface area contributed by atoms with Gasteiger partial charge in [0.05, 0.1) is 37.6 Å². The van der Waals surface area contributed by atoms with Crippen molar-refractivity contribution in [3.8, 4) is 0 Å². The fourth-order valence-corrected chi connectivity index (χ4v) is 7.76. The Hall–Kier alpha value is -2.07. The molecule has 41 heavy (non-hydrogen) atoms. The molecule has 0 N–H and O–H groups in total. The third-order valence-electron chi connectivity index (χ3n) is 10.1. The topological polar surface area (TPSA) is 85.0 Å². The molecule has 8 nitrogen and oxygen atoms in total. The van der Waals surface area contributed by atoms with Gasteiger partial charge in [-0.2, -0.15) is 0 Å². The van der Waals surface area contributed by atoms with Gasteiger partial charge < -0.3 is 33.2 Å². The lowest BCUT2D eigenvalue weighted by atomic mass is 9.52. The first-order chi connectivity index (χ1) is 19.3. The molecule has 3 aliphatic heterocycles. The lowest BCUT2D eigenvalue weighted by molar-refractivity contribution is -0.318. The fraction of sp³-hybridized carbons (Fsp3) is 0.667. The highest BCUT2D eigenvalue weighted by Gasteiger charge is 2.72. The maximum absolute atomic E-state index is 13.9. The molecule has 1 saturated carbocycles. The lowest BCUT2D eigenvalue weighted by Crippen LogP contribution is -2.67. The van der Waals surface area contributed by atoms with Gasteiger partial charge in [0.1, 0.15) is 17.8 Å². The van der Waals surface area contributed by atoms with E-state index in [0.717, 1.165) is 0 Å². The molecule has 8 atom stereocenters. The minimum absolute atomic E-state index is 0.0429. The maximum Gasteiger partial charge on any atom is 0.338 e. The number of methoxy groups -OCH3 is 1. The molecule has 6 rings (SSSR count). The van der Waals surface area contributed by atoms with Crippen LogP contribution in [0, 0.1) is 22.7 Å². The van der Waals surface area contributed by atoms with Crippen molar-refractivity contribution in [3.63, 3.8) is 0 Å². The minimum Gasteiger partial charge on any atom is -0.455 e. The van der Waals surface area contributed by atoms with E-state index in [1.165, 1.54) is 0 Å². The number of allylic oxidation sites excluding steroid dienone is 1. The average Bonchev–Trinajstić information content (AvgIpc) is 3.64. The van der Waals surface area contributed by atoms with Crippen LogP contribution in [-0.2, 0) is 33.2 Å². The SMILES string of the molecule is CO[C@]1(/C=C/C2(C)OCCO2)[C@H](OC(=O)c2ccccc2)[C@H]2[C@@H]3COC(C)(C)O[C@H]3[C@H]3O[C@H]3[C@@]2(C)/C=C/CC1(C)C. The van der Waals surface area contributed by atoms with Gasteiger partial charge in [-0.15, -0.1) is 0 Å². The van der Waals surface area contributed by atoms with Crippen LogP contribution in [0.15, 0.2) is 54.6 Å². The van der Waals surface area contributed by atoms with Crippen LogP contribution < -0.4 is 0 Å². The van der Waals surface area contributed by atoms with E-state index >= 15 is 0 Å². The van der Waals surface area contributed by atoms with Gasteiger partial charge in [-0.3, -0.25) is 0 Å². The third kappa shape index (κ3) is 4.81. The van der Waals surface area contributed by atoms with Crippen LogP contribution in [0.1, 0.15) is 58.3 Å².